The summed E-state index contributed by atoms with van der Waals surface area (Å²) in [5, 5.41) is 125. The highest BCUT2D eigenvalue weighted by molar-refractivity contribution is 6.02. The molecule has 15 heteroatoms. The van der Waals surface area contributed by atoms with Crippen molar-refractivity contribution in [1.82, 2.24) is 0 Å². The number of hydrogen-bond acceptors (Lipinski definition) is 15. The Hall–Kier alpha value is -3.09. The van der Waals surface area contributed by atoms with Crippen LogP contribution in [0.2, 0.25) is 0 Å². The van der Waals surface area contributed by atoms with Gasteiger partial charge in [-0.25, -0.2) is 0 Å². The van der Waals surface area contributed by atoms with Crippen LogP contribution in [0.3, 0.4) is 0 Å². The van der Waals surface area contributed by atoms with Crippen LogP contribution in [0.15, 0.2) is 24.3 Å². The molecule has 232 valence electrons. The maximum atomic E-state index is 13.4. The molecule has 2 heterocycles. The third kappa shape index (κ3) is 5.63. The summed E-state index contributed by atoms with van der Waals surface area (Å²) in [7, 11) is 0. The van der Waals surface area contributed by atoms with Gasteiger partial charge in [0.05, 0.1) is 24.3 Å². The Morgan fingerprint density at radius 1 is 0.619 bits per heavy atom. The van der Waals surface area contributed by atoms with Gasteiger partial charge in [0.25, 0.3) is 0 Å². The third-order valence-corrected chi connectivity index (χ3v) is 7.70. The quantitative estimate of drug-likeness (QED) is 0.138. The normalized spacial score (nSPS) is 33.4. The molecule has 2 aliphatic rings. The molecule has 10 atom stereocenters. The van der Waals surface area contributed by atoms with Crippen molar-refractivity contribution in [2.24, 2.45) is 0 Å². The van der Waals surface area contributed by atoms with Crippen molar-refractivity contribution >= 4 is 5.78 Å². The lowest BCUT2D eigenvalue weighted by atomic mass is 9.83. The Bertz CT molecular complexity index is 1200. The molecule has 2 fully saturated rings. The lowest BCUT2D eigenvalue weighted by Gasteiger charge is -2.42. The van der Waals surface area contributed by atoms with Gasteiger partial charge in [0.2, 0.25) is 0 Å². The van der Waals surface area contributed by atoms with Gasteiger partial charge < -0.3 is 70.8 Å². The Kier molecular flexibility index (Phi) is 9.58. The Morgan fingerprint density at radius 3 is 1.45 bits per heavy atom. The minimum absolute atomic E-state index is 0.0211. The molecule has 0 amide bonds. The van der Waals surface area contributed by atoms with Gasteiger partial charge in [-0.3, -0.25) is 4.79 Å². The first-order valence-corrected chi connectivity index (χ1v) is 13.1. The molecule has 4 rings (SSSR count). The average Bonchev–Trinajstić information content (AvgIpc) is 2.96. The second kappa shape index (κ2) is 12.6. The number of aryl methyl sites for hydroxylation is 1. The zero-order valence-corrected chi connectivity index (χ0v) is 22.0. The molecule has 15 nitrogen and oxygen atoms in total. The molecule has 2 aliphatic heterocycles. The van der Waals surface area contributed by atoms with E-state index in [2.05, 4.69) is 0 Å². The molecule has 0 aliphatic carbocycles. The van der Waals surface area contributed by atoms with Gasteiger partial charge in [-0.15, -0.1) is 0 Å². The van der Waals surface area contributed by atoms with Gasteiger partial charge in [-0.05, 0) is 24.1 Å². The maximum absolute atomic E-state index is 13.4. The van der Waals surface area contributed by atoms with Crippen molar-refractivity contribution in [1.29, 1.82) is 0 Å². The highest BCUT2D eigenvalue weighted by atomic mass is 16.6. The van der Waals surface area contributed by atoms with E-state index in [1.165, 1.54) is 24.3 Å². The molecule has 42 heavy (non-hydrogen) atoms. The van der Waals surface area contributed by atoms with Crippen molar-refractivity contribution in [3.05, 3.63) is 46.5 Å². The van der Waals surface area contributed by atoms with E-state index in [1.807, 2.05) is 0 Å². The molecule has 10 unspecified atom stereocenters. The van der Waals surface area contributed by atoms with E-state index in [1.54, 1.807) is 0 Å². The number of benzene rings is 2. The first kappa shape index (κ1) is 31.8. The largest absolute Gasteiger partial charge is 0.508 e. The van der Waals surface area contributed by atoms with Crippen LogP contribution in [0, 0.1) is 0 Å². The van der Waals surface area contributed by atoms with Crippen LogP contribution in [-0.4, -0.2) is 129 Å². The van der Waals surface area contributed by atoms with Crippen LogP contribution in [0.4, 0.5) is 0 Å². The van der Waals surface area contributed by atoms with Crippen LogP contribution in [-0.2, 0) is 15.9 Å². The number of hydrogen-bond donors (Lipinski definition) is 12. The van der Waals surface area contributed by atoms with E-state index >= 15 is 0 Å². The molecule has 12 N–H and O–H groups in total. The van der Waals surface area contributed by atoms with Gasteiger partial charge in [0.1, 0.15) is 89.6 Å². The maximum Gasteiger partial charge on any atom is 0.170 e. The minimum atomic E-state index is -2.06. The number of ketones is 1. The topological polar surface area (TPSA) is 278 Å². The number of aliphatic hydroxyl groups excluding tert-OH is 8. The molecule has 0 spiro atoms. The number of carbonyl (C=O) groups is 1. The molecule has 0 radical (unpaired) electrons. The van der Waals surface area contributed by atoms with Gasteiger partial charge in [-0.2, -0.15) is 0 Å². The van der Waals surface area contributed by atoms with Gasteiger partial charge in [-0.1, -0.05) is 12.1 Å². The van der Waals surface area contributed by atoms with Crippen LogP contribution < -0.4 is 0 Å². The van der Waals surface area contributed by atoms with E-state index in [4.69, 9.17) is 9.47 Å². The SMILES string of the molecule is O=C(CCc1ccc(O)cc1)c1c(O)c(C2OC(CO)C(O)C(O)C2O)c(O)c(C2OC(CO)C(O)C(O)C2O)c1O. The minimum Gasteiger partial charge on any atom is -0.508 e. The molecule has 0 bridgehead atoms. The predicted octanol–water partition coefficient (Wildman–Crippen LogP) is -2.65. The Labute approximate surface area is 238 Å². The highest BCUT2D eigenvalue weighted by Crippen LogP contribution is 2.53. The fraction of sp³-hybridized carbons (Fsp3) is 0.519. The molecule has 0 aromatic heterocycles. The summed E-state index contributed by atoms with van der Waals surface area (Å²) in [4.78, 5) is 13.4. The van der Waals surface area contributed by atoms with Crippen LogP contribution in [0.1, 0.15) is 45.7 Å². The van der Waals surface area contributed by atoms with Crippen LogP contribution >= 0.6 is 0 Å². The van der Waals surface area contributed by atoms with Crippen molar-refractivity contribution < 1.29 is 75.5 Å². The molecular formula is C27H34O15. The zero-order chi connectivity index (χ0) is 31.0. The Balaban J connectivity index is 1.87. The first-order chi connectivity index (χ1) is 19.8. The second-order valence-corrected chi connectivity index (χ2v) is 10.3. The van der Waals surface area contributed by atoms with Gasteiger partial charge >= 0.3 is 0 Å². The van der Waals surface area contributed by atoms with E-state index < -0.39 is 114 Å². The second-order valence-electron chi connectivity index (χ2n) is 10.3. The number of phenolic OH excluding ortho intramolecular Hbond substituents is 4. The summed E-state index contributed by atoms with van der Waals surface area (Å²) in [5.74, 6) is -4.26. The molecule has 2 aromatic carbocycles. The lowest BCUT2D eigenvalue weighted by molar-refractivity contribution is -0.234. The van der Waals surface area contributed by atoms with Crippen molar-refractivity contribution in [2.45, 2.75) is 73.9 Å². The molecule has 2 aromatic rings. The predicted molar refractivity (Wildman–Crippen MR) is 138 cm³/mol. The first-order valence-electron chi connectivity index (χ1n) is 13.1. The van der Waals surface area contributed by atoms with Crippen molar-refractivity contribution in [3.63, 3.8) is 0 Å². The fourth-order valence-electron chi connectivity index (χ4n) is 5.28. The smallest absolute Gasteiger partial charge is 0.170 e. The molecule has 2 saturated heterocycles. The number of phenols is 4. The summed E-state index contributed by atoms with van der Waals surface area (Å²) in [5.41, 5.74) is -1.82. The fourth-order valence-corrected chi connectivity index (χ4v) is 5.28. The summed E-state index contributed by atoms with van der Waals surface area (Å²) >= 11 is 0. The molecular weight excluding hydrogens is 564 g/mol. The van der Waals surface area contributed by atoms with Gasteiger partial charge in [0, 0.05) is 6.42 Å². The van der Waals surface area contributed by atoms with Crippen molar-refractivity contribution in [2.75, 3.05) is 13.2 Å². The monoisotopic (exact) mass is 598 g/mol. The zero-order valence-electron chi connectivity index (χ0n) is 22.0. The van der Waals surface area contributed by atoms with Crippen molar-refractivity contribution in [3.8, 4) is 23.0 Å². The summed E-state index contributed by atoms with van der Waals surface area (Å²) in [6.45, 7) is -1.75. The number of aromatic hydroxyl groups is 4. The van der Waals surface area contributed by atoms with E-state index in [9.17, 15) is 66.1 Å². The summed E-state index contributed by atoms with van der Waals surface area (Å²) < 4.78 is 10.9. The number of ether oxygens (including phenoxy) is 2. The number of aliphatic hydroxyl groups is 8. The van der Waals surface area contributed by atoms with Crippen LogP contribution in [0.25, 0.3) is 0 Å². The summed E-state index contributed by atoms with van der Waals surface area (Å²) in [6, 6.07) is 5.81. The lowest BCUT2D eigenvalue weighted by Crippen LogP contribution is -2.55. The van der Waals surface area contributed by atoms with E-state index in [0.29, 0.717) is 5.56 Å². The summed E-state index contributed by atoms with van der Waals surface area (Å²) in [6.07, 6.45) is -18.9. The van der Waals surface area contributed by atoms with Crippen LogP contribution in [0.5, 0.6) is 23.0 Å². The highest BCUT2D eigenvalue weighted by Gasteiger charge is 2.50. The number of Topliss-reactive ketones (excluding diaryl/α,β-unsaturated/α-hetero) is 1. The third-order valence-electron chi connectivity index (χ3n) is 7.70. The standard InChI is InChI=1S/C27H34O15/c28-7-12-17(32)22(37)24(39)26(41-12)15-19(34)14(11(31)6-3-9-1-4-10(30)5-2-9)20(35)16(21(15)36)27-25(40)23(38)18(33)13(8-29)42-27/h1-2,4-5,12-13,17-18,22-30,32-40H,3,6-8H2. The average molecular weight is 599 g/mol. The molecule has 0 saturated carbocycles. The van der Waals surface area contributed by atoms with E-state index in [-0.39, 0.29) is 18.6 Å². The number of rotatable bonds is 8. The number of carbonyl (C=O) groups excluding carboxylic acids is 1. The van der Waals surface area contributed by atoms with E-state index in [0.717, 1.165) is 0 Å². The van der Waals surface area contributed by atoms with Gasteiger partial charge in [0.15, 0.2) is 5.78 Å². The Morgan fingerprint density at radius 2 is 1.05 bits per heavy atom.